The third-order valence-corrected chi connectivity index (χ3v) is 2.66. The van der Waals surface area contributed by atoms with Gasteiger partial charge in [0.25, 0.3) is 0 Å². The third-order valence-electron chi connectivity index (χ3n) is 2.66. The van der Waals surface area contributed by atoms with Crippen LogP contribution in [0, 0.1) is 5.92 Å². The van der Waals surface area contributed by atoms with E-state index in [9.17, 15) is 5.11 Å². The SMILES string of the molecule is O[C@@H]1CCC[C@H]1OCC1CC1. The number of aliphatic hydroxyl groups is 1. The van der Waals surface area contributed by atoms with Gasteiger partial charge in [-0.3, -0.25) is 0 Å². The Bertz CT molecular complexity index is 132. The molecule has 0 bridgehead atoms. The zero-order valence-corrected chi connectivity index (χ0v) is 6.83. The van der Waals surface area contributed by atoms with Crippen molar-refractivity contribution in [3.05, 3.63) is 0 Å². The van der Waals surface area contributed by atoms with E-state index >= 15 is 0 Å². The second-order valence-electron chi connectivity index (χ2n) is 3.81. The van der Waals surface area contributed by atoms with Crippen molar-refractivity contribution in [2.24, 2.45) is 5.92 Å². The van der Waals surface area contributed by atoms with Crippen LogP contribution in [0.4, 0.5) is 0 Å². The average Bonchev–Trinajstić information content (AvgIpc) is 2.73. The fraction of sp³-hybridized carbons (Fsp3) is 1.00. The van der Waals surface area contributed by atoms with E-state index in [4.69, 9.17) is 4.74 Å². The molecule has 0 saturated heterocycles. The minimum Gasteiger partial charge on any atom is -0.390 e. The number of hydrogen-bond donors (Lipinski definition) is 1. The predicted molar refractivity (Wildman–Crippen MR) is 42.3 cm³/mol. The van der Waals surface area contributed by atoms with Gasteiger partial charge in [-0.05, 0) is 38.0 Å². The van der Waals surface area contributed by atoms with E-state index in [1.807, 2.05) is 0 Å². The molecule has 2 saturated carbocycles. The first kappa shape index (κ1) is 7.56. The van der Waals surface area contributed by atoms with Crippen molar-refractivity contribution in [3.63, 3.8) is 0 Å². The first-order valence-electron chi connectivity index (χ1n) is 4.66. The van der Waals surface area contributed by atoms with Gasteiger partial charge in [0.05, 0.1) is 12.2 Å². The molecule has 64 valence electrons. The van der Waals surface area contributed by atoms with Gasteiger partial charge in [0.15, 0.2) is 0 Å². The molecule has 0 unspecified atom stereocenters. The van der Waals surface area contributed by atoms with Crippen LogP contribution in [-0.4, -0.2) is 23.9 Å². The van der Waals surface area contributed by atoms with Crippen LogP contribution in [0.1, 0.15) is 32.1 Å². The summed E-state index contributed by atoms with van der Waals surface area (Å²) in [6, 6.07) is 0. The summed E-state index contributed by atoms with van der Waals surface area (Å²) in [6.07, 6.45) is 5.80. The van der Waals surface area contributed by atoms with Crippen LogP contribution in [0.3, 0.4) is 0 Å². The molecule has 2 rings (SSSR count). The van der Waals surface area contributed by atoms with Gasteiger partial charge in [0, 0.05) is 6.61 Å². The van der Waals surface area contributed by atoms with Crippen LogP contribution in [0.5, 0.6) is 0 Å². The zero-order valence-electron chi connectivity index (χ0n) is 6.83. The second kappa shape index (κ2) is 3.11. The molecule has 0 aromatic rings. The maximum Gasteiger partial charge on any atom is 0.0834 e. The summed E-state index contributed by atoms with van der Waals surface area (Å²) < 4.78 is 5.59. The summed E-state index contributed by atoms with van der Waals surface area (Å²) in [5, 5.41) is 9.40. The molecule has 1 N–H and O–H groups in total. The maximum atomic E-state index is 9.40. The molecule has 0 spiro atoms. The quantitative estimate of drug-likeness (QED) is 0.668. The van der Waals surface area contributed by atoms with Crippen LogP contribution in [-0.2, 0) is 4.74 Å². The average molecular weight is 156 g/mol. The van der Waals surface area contributed by atoms with Crippen molar-refractivity contribution in [3.8, 4) is 0 Å². The van der Waals surface area contributed by atoms with Crippen LogP contribution in [0.25, 0.3) is 0 Å². The Morgan fingerprint density at radius 1 is 1.18 bits per heavy atom. The van der Waals surface area contributed by atoms with E-state index in [1.54, 1.807) is 0 Å². The van der Waals surface area contributed by atoms with Crippen molar-refractivity contribution in [2.45, 2.75) is 44.3 Å². The van der Waals surface area contributed by atoms with Crippen LogP contribution in [0.2, 0.25) is 0 Å². The van der Waals surface area contributed by atoms with Gasteiger partial charge in [-0.15, -0.1) is 0 Å². The minimum absolute atomic E-state index is 0.163. The lowest BCUT2D eigenvalue weighted by molar-refractivity contribution is -0.0226. The standard InChI is InChI=1S/C9H16O2/c10-8-2-1-3-9(8)11-6-7-4-5-7/h7-10H,1-6H2/t8-,9-/m1/s1. The van der Waals surface area contributed by atoms with E-state index in [0.29, 0.717) is 0 Å². The molecule has 0 aromatic carbocycles. The monoisotopic (exact) mass is 156 g/mol. The lowest BCUT2D eigenvalue weighted by Gasteiger charge is -2.14. The number of hydrogen-bond acceptors (Lipinski definition) is 2. The molecule has 2 fully saturated rings. The minimum atomic E-state index is -0.172. The van der Waals surface area contributed by atoms with Crippen LogP contribution >= 0.6 is 0 Å². The fourth-order valence-electron chi connectivity index (χ4n) is 1.65. The van der Waals surface area contributed by atoms with Crippen molar-refractivity contribution >= 4 is 0 Å². The van der Waals surface area contributed by atoms with Gasteiger partial charge in [0.2, 0.25) is 0 Å². The molecule has 0 heterocycles. The highest BCUT2D eigenvalue weighted by atomic mass is 16.5. The molecule has 0 aliphatic heterocycles. The summed E-state index contributed by atoms with van der Waals surface area (Å²) in [5.74, 6) is 0.822. The van der Waals surface area contributed by atoms with Crippen LogP contribution in [0.15, 0.2) is 0 Å². The van der Waals surface area contributed by atoms with E-state index in [-0.39, 0.29) is 12.2 Å². The number of aliphatic hydroxyl groups excluding tert-OH is 1. The fourth-order valence-corrected chi connectivity index (χ4v) is 1.65. The lowest BCUT2D eigenvalue weighted by Crippen LogP contribution is -2.23. The van der Waals surface area contributed by atoms with Gasteiger partial charge in [-0.1, -0.05) is 0 Å². The van der Waals surface area contributed by atoms with Crippen molar-refractivity contribution < 1.29 is 9.84 Å². The highest BCUT2D eigenvalue weighted by Gasteiger charge is 2.29. The van der Waals surface area contributed by atoms with Gasteiger partial charge < -0.3 is 9.84 Å². The van der Waals surface area contributed by atoms with E-state index in [2.05, 4.69) is 0 Å². The zero-order chi connectivity index (χ0) is 7.68. The Morgan fingerprint density at radius 2 is 2.00 bits per heavy atom. The second-order valence-corrected chi connectivity index (χ2v) is 3.81. The summed E-state index contributed by atoms with van der Waals surface area (Å²) in [5.41, 5.74) is 0. The molecule has 2 atom stereocenters. The van der Waals surface area contributed by atoms with Gasteiger partial charge >= 0.3 is 0 Å². The Hall–Kier alpha value is -0.0800. The summed E-state index contributed by atoms with van der Waals surface area (Å²) in [6.45, 7) is 0.891. The summed E-state index contributed by atoms with van der Waals surface area (Å²) >= 11 is 0. The van der Waals surface area contributed by atoms with Gasteiger partial charge in [0.1, 0.15) is 0 Å². The molecule has 2 heteroatoms. The lowest BCUT2D eigenvalue weighted by atomic mass is 10.2. The Labute approximate surface area is 67.6 Å². The topological polar surface area (TPSA) is 29.5 Å². The number of ether oxygens (including phenoxy) is 1. The molecule has 0 amide bonds. The molecular weight excluding hydrogens is 140 g/mol. The van der Waals surface area contributed by atoms with E-state index in [0.717, 1.165) is 31.8 Å². The first-order valence-corrected chi connectivity index (χ1v) is 4.66. The number of rotatable bonds is 3. The van der Waals surface area contributed by atoms with Crippen molar-refractivity contribution in [1.82, 2.24) is 0 Å². The van der Waals surface area contributed by atoms with E-state index < -0.39 is 0 Å². The largest absolute Gasteiger partial charge is 0.390 e. The third kappa shape index (κ3) is 1.94. The smallest absolute Gasteiger partial charge is 0.0834 e. The highest BCUT2D eigenvalue weighted by Crippen LogP contribution is 2.31. The van der Waals surface area contributed by atoms with Gasteiger partial charge in [-0.2, -0.15) is 0 Å². The van der Waals surface area contributed by atoms with Gasteiger partial charge in [-0.25, -0.2) is 0 Å². The van der Waals surface area contributed by atoms with Crippen molar-refractivity contribution in [2.75, 3.05) is 6.61 Å². The molecule has 11 heavy (non-hydrogen) atoms. The molecular formula is C9H16O2. The summed E-state index contributed by atoms with van der Waals surface area (Å²) in [7, 11) is 0. The molecule has 0 radical (unpaired) electrons. The molecule has 2 aliphatic carbocycles. The van der Waals surface area contributed by atoms with Crippen molar-refractivity contribution in [1.29, 1.82) is 0 Å². The van der Waals surface area contributed by atoms with E-state index in [1.165, 1.54) is 12.8 Å². The Morgan fingerprint density at radius 3 is 2.55 bits per heavy atom. The first-order chi connectivity index (χ1) is 5.36. The molecule has 0 aromatic heterocycles. The predicted octanol–water partition coefficient (Wildman–Crippen LogP) is 1.33. The Balaban J connectivity index is 1.67. The maximum absolute atomic E-state index is 9.40. The Kier molecular flexibility index (Phi) is 2.14. The molecule has 2 nitrogen and oxygen atoms in total. The summed E-state index contributed by atoms with van der Waals surface area (Å²) in [4.78, 5) is 0. The van der Waals surface area contributed by atoms with Crippen LogP contribution < -0.4 is 0 Å². The molecule has 2 aliphatic rings. The normalized spacial score (nSPS) is 37.9. The highest BCUT2D eigenvalue weighted by molar-refractivity contribution is 4.79.